The van der Waals surface area contributed by atoms with E-state index < -0.39 is 12.1 Å². The molecule has 0 aromatic heterocycles. The Kier molecular flexibility index (Phi) is 9.34. The summed E-state index contributed by atoms with van der Waals surface area (Å²) in [7, 11) is 1.55. The molecule has 0 aliphatic carbocycles. The van der Waals surface area contributed by atoms with E-state index in [2.05, 4.69) is 15.6 Å². The number of amidine groups is 1. The Bertz CT molecular complexity index is 1460. The second kappa shape index (κ2) is 13.5. The predicted octanol–water partition coefficient (Wildman–Crippen LogP) is 5.13. The highest BCUT2D eigenvalue weighted by Gasteiger charge is 2.22. The maximum atomic E-state index is 13.5. The Labute approximate surface area is 232 Å². The Morgan fingerprint density at radius 1 is 0.875 bits per heavy atom. The summed E-state index contributed by atoms with van der Waals surface area (Å²) >= 11 is 0. The molecular formula is C31H30N4O5. The number of carbonyl (C=O) groups excluding carboxylic acids is 1. The van der Waals surface area contributed by atoms with E-state index in [0.717, 1.165) is 11.1 Å². The third kappa shape index (κ3) is 7.61. The van der Waals surface area contributed by atoms with Crippen molar-refractivity contribution >= 4 is 23.5 Å². The van der Waals surface area contributed by atoms with Crippen LogP contribution in [0.4, 0.5) is 10.5 Å². The number of ether oxygens (including phenoxy) is 2. The quantitative estimate of drug-likeness (QED) is 0.154. The van der Waals surface area contributed by atoms with Crippen LogP contribution < -0.4 is 25.8 Å². The summed E-state index contributed by atoms with van der Waals surface area (Å²) in [4.78, 5) is 27.6. The number of aliphatic imine (C=N–C) groups is 1. The maximum Gasteiger partial charge on any atom is 0.433 e. The number of nitrogens with zero attached hydrogens (tertiary/aromatic N) is 1. The second-order valence-electron chi connectivity index (χ2n) is 8.82. The summed E-state index contributed by atoms with van der Waals surface area (Å²) in [6, 6.07) is 30.7. The number of nitrogens with one attached hydrogen (secondary N) is 2. The molecule has 9 nitrogen and oxygen atoms in total. The fraction of sp³-hybridized carbons (Fsp3) is 0.129. The first kappa shape index (κ1) is 27.7. The minimum absolute atomic E-state index is 0.118. The number of anilines is 1. The van der Waals surface area contributed by atoms with Crippen molar-refractivity contribution < 1.29 is 24.2 Å². The molecule has 0 fully saturated rings. The van der Waals surface area contributed by atoms with E-state index in [1.165, 1.54) is 0 Å². The third-order valence-corrected chi connectivity index (χ3v) is 6.04. The van der Waals surface area contributed by atoms with Crippen LogP contribution in [0.3, 0.4) is 0 Å². The average molecular weight is 539 g/mol. The molecule has 4 rings (SSSR count). The summed E-state index contributed by atoms with van der Waals surface area (Å²) in [6.45, 7) is 0.727. The number of carbonyl (C=O) groups is 2. The van der Waals surface area contributed by atoms with E-state index in [-0.39, 0.29) is 11.7 Å². The van der Waals surface area contributed by atoms with Crippen molar-refractivity contribution in [2.24, 2.45) is 10.7 Å². The molecule has 4 aromatic carbocycles. The molecule has 40 heavy (non-hydrogen) atoms. The number of methoxy groups -OCH3 is 1. The third-order valence-electron chi connectivity index (χ3n) is 6.04. The molecular weight excluding hydrogens is 508 g/mol. The Morgan fingerprint density at radius 3 is 2.15 bits per heavy atom. The lowest BCUT2D eigenvalue weighted by Gasteiger charge is -2.22. The van der Waals surface area contributed by atoms with Gasteiger partial charge < -0.3 is 30.9 Å². The standard InChI is InChI=1S/C31H30N4O5/c1-39-27-18-24(14-17-26(27)40-20-22-10-6-3-7-11-22)28(30(36)33-19-21-8-4-2-5-9-21)34-25-15-12-23(13-16-25)29(32)35-31(37)38/h2-18,28,34H,19-20H2,1H3,(H2,32,35)(H,33,36)(H,37,38). The first-order chi connectivity index (χ1) is 19.4. The van der Waals surface area contributed by atoms with Crippen LogP contribution >= 0.6 is 0 Å². The topological polar surface area (TPSA) is 135 Å². The summed E-state index contributed by atoms with van der Waals surface area (Å²) in [5.41, 5.74) is 9.46. The smallest absolute Gasteiger partial charge is 0.433 e. The number of hydrogen-bond acceptors (Lipinski definition) is 5. The van der Waals surface area contributed by atoms with Gasteiger partial charge in [0.25, 0.3) is 0 Å². The van der Waals surface area contributed by atoms with Gasteiger partial charge in [0.05, 0.1) is 7.11 Å². The van der Waals surface area contributed by atoms with Crippen LogP contribution in [-0.2, 0) is 17.9 Å². The van der Waals surface area contributed by atoms with Crippen molar-refractivity contribution in [1.82, 2.24) is 5.32 Å². The molecule has 0 aliphatic rings. The van der Waals surface area contributed by atoms with Crippen LogP contribution in [0.2, 0.25) is 0 Å². The van der Waals surface area contributed by atoms with Crippen molar-refractivity contribution in [3.8, 4) is 11.5 Å². The number of carboxylic acid groups (broad SMARTS) is 1. The van der Waals surface area contributed by atoms with Crippen LogP contribution in [0.1, 0.15) is 28.3 Å². The molecule has 4 aromatic rings. The lowest BCUT2D eigenvalue weighted by Crippen LogP contribution is -2.33. The Hall–Kier alpha value is -5.31. The first-order valence-electron chi connectivity index (χ1n) is 12.5. The molecule has 0 aliphatic heterocycles. The molecule has 0 saturated carbocycles. The lowest BCUT2D eigenvalue weighted by atomic mass is 10.0. The molecule has 0 radical (unpaired) electrons. The molecule has 9 heteroatoms. The van der Waals surface area contributed by atoms with Crippen molar-refractivity contribution in [1.29, 1.82) is 0 Å². The van der Waals surface area contributed by atoms with E-state index in [1.54, 1.807) is 43.5 Å². The monoisotopic (exact) mass is 538 g/mol. The summed E-state index contributed by atoms with van der Waals surface area (Å²) in [5.74, 6) is 0.673. The lowest BCUT2D eigenvalue weighted by molar-refractivity contribution is -0.122. The zero-order valence-electron chi connectivity index (χ0n) is 21.9. The van der Waals surface area contributed by atoms with E-state index >= 15 is 0 Å². The maximum absolute atomic E-state index is 13.5. The van der Waals surface area contributed by atoms with Gasteiger partial charge in [-0.2, -0.15) is 4.99 Å². The highest BCUT2D eigenvalue weighted by molar-refractivity contribution is 6.02. The van der Waals surface area contributed by atoms with Crippen LogP contribution in [0.5, 0.6) is 11.5 Å². The van der Waals surface area contributed by atoms with Gasteiger partial charge >= 0.3 is 6.09 Å². The summed E-state index contributed by atoms with van der Waals surface area (Å²) in [6.07, 6.45) is -1.38. The molecule has 0 spiro atoms. The van der Waals surface area contributed by atoms with E-state index in [0.29, 0.717) is 41.5 Å². The van der Waals surface area contributed by atoms with Crippen molar-refractivity contribution in [3.63, 3.8) is 0 Å². The molecule has 0 bridgehead atoms. The molecule has 1 unspecified atom stereocenters. The minimum Gasteiger partial charge on any atom is -0.493 e. The highest BCUT2D eigenvalue weighted by Crippen LogP contribution is 2.32. The Morgan fingerprint density at radius 2 is 1.52 bits per heavy atom. The van der Waals surface area contributed by atoms with E-state index in [9.17, 15) is 9.59 Å². The van der Waals surface area contributed by atoms with E-state index in [4.69, 9.17) is 20.3 Å². The molecule has 5 N–H and O–H groups in total. The van der Waals surface area contributed by atoms with Gasteiger partial charge in [-0.1, -0.05) is 66.7 Å². The second-order valence-corrected chi connectivity index (χ2v) is 8.82. The molecule has 204 valence electrons. The number of hydrogen-bond donors (Lipinski definition) is 4. The van der Waals surface area contributed by atoms with Gasteiger partial charge in [-0.15, -0.1) is 0 Å². The minimum atomic E-state index is -1.38. The van der Waals surface area contributed by atoms with Crippen molar-refractivity contribution in [2.45, 2.75) is 19.2 Å². The number of rotatable bonds is 11. The van der Waals surface area contributed by atoms with Gasteiger partial charge in [-0.05, 0) is 53.1 Å². The predicted molar refractivity (Wildman–Crippen MR) is 154 cm³/mol. The fourth-order valence-corrected chi connectivity index (χ4v) is 3.98. The van der Waals surface area contributed by atoms with Crippen LogP contribution in [0.25, 0.3) is 0 Å². The summed E-state index contributed by atoms with van der Waals surface area (Å²) in [5, 5.41) is 15.1. The van der Waals surface area contributed by atoms with Gasteiger partial charge in [0, 0.05) is 17.8 Å². The number of benzene rings is 4. The van der Waals surface area contributed by atoms with Gasteiger partial charge in [-0.3, -0.25) is 4.79 Å². The van der Waals surface area contributed by atoms with Crippen molar-refractivity contribution in [2.75, 3.05) is 12.4 Å². The number of amides is 2. The van der Waals surface area contributed by atoms with E-state index in [1.807, 2.05) is 66.7 Å². The SMILES string of the molecule is COc1cc(C(Nc2ccc(C(N)=NC(=O)O)cc2)C(=O)NCc2ccccc2)ccc1OCc1ccccc1. The van der Waals surface area contributed by atoms with Gasteiger partial charge in [0.1, 0.15) is 18.5 Å². The average Bonchev–Trinajstić information content (AvgIpc) is 2.98. The Balaban J connectivity index is 1.57. The van der Waals surface area contributed by atoms with Crippen molar-refractivity contribution in [3.05, 3.63) is 125 Å². The zero-order chi connectivity index (χ0) is 28.3. The molecule has 2 amide bonds. The molecule has 0 saturated heterocycles. The van der Waals surface area contributed by atoms with Gasteiger partial charge in [0.15, 0.2) is 11.5 Å². The number of nitrogens with two attached hydrogens (primary N) is 1. The molecule has 1 atom stereocenters. The first-order valence-corrected chi connectivity index (χ1v) is 12.5. The zero-order valence-corrected chi connectivity index (χ0v) is 21.9. The normalized spacial score (nSPS) is 11.8. The highest BCUT2D eigenvalue weighted by atomic mass is 16.5. The van der Waals surface area contributed by atoms with Crippen LogP contribution in [0, 0.1) is 0 Å². The largest absolute Gasteiger partial charge is 0.493 e. The van der Waals surface area contributed by atoms with Crippen LogP contribution in [0.15, 0.2) is 108 Å². The molecule has 0 heterocycles. The van der Waals surface area contributed by atoms with Crippen LogP contribution in [-0.4, -0.2) is 30.1 Å². The van der Waals surface area contributed by atoms with Gasteiger partial charge in [-0.25, -0.2) is 4.79 Å². The fourth-order valence-electron chi connectivity index (χ4n) is 3.98. The van der Waals surface area contributed by atoms with Gasteiger partial charge in [0.2, 0.25) is 5.91 Å². The summed E-state index contributed by atoms with van der Waals surface area (Å²) < 4.78 is 11.6.